The number of carboxylic acids is 1. The maximum absolute atomic E-state index is 9.25. The van der Waals surface area contributed by atoms with Gasteiger partial charge < -0.3 is 14.9 Å². The van der Waals surface area contributed by atoms with Crippen LogP contribution in [0.2, 0.25) is 0 Å². The van der Waals surface area contributed by atoms with E-state index in [0.717, 1.165) is 18.9 Å². The van der Waals surface area contributed by atoms with Gasteiger partial charge in [0.05, 0.1) is 0 Å². The van der Waals surface area contributed by atoms with Gasteiger partial charge in [0.1, 0.15) is 5.76 Å². The number of carbonyl (C=O) groups is 1. The zero-order valence-corrected chi connectivity index (χ0v) is 17.2. The molecule has 0 amide bonds. The normalized spacial score (nSPS) is 9.90. The molecule has 0 saturated carbocycles. The Kier molecular flexibility index (Phi) is 19.5. The van der Waals surface area contributed by atoms with Crippen molar-refractivity contribution in [3.63, 3.8) is 0 Å². The molecular weight excluding hydrogens is 400 g/mol. The van der Waals surface area contributed by atoms with Gasteiger partial charge in [-0.25, -0.2) is 4.79 Å². The lowest BCUT2D eigenvalue weighted by Crippen LogP contribution is -2.03. The van der Waals surface area contributed by atoms with Crippen LogP contribution < -0.4 is 4.89 Å². The molecule has 0 spiro atoms. The van der Waals surface area contributed by atoms with Gasteiger partial charge in [-0.05, 0) is 18.6 Å². The number of hydrogen-bond acceptors (Lipinski definition) is 9. The summed E-state index contributed by atoms with van der Waals surface area (Å²) in [4.78, 5) is 18.6. The largest absolute Gasteiger partial charge is 0.478 e. The van der Waals surface area contributed by atoms with Crippen LogP contribution in [0, 0.1) is 0 Å². The van der Waals surface area contributed by atoms with Crippen LogP contribution in [0.4, 0.5) is 0 Å². The van der Waals surface area contributed by atoms with E-state index in [2.05, 4.69) is 55.2 Å². The molecule has 0 heterocycles. The highest BCUT2D eigenvalue weighted by Gasteiger charge is 2.01. The summed E-state index contributed by atoms with van der Waals surface area (Å²) in [5.74, 6) is -0.153. The van der Waals surface area contributed by atoms with E-state index in [4.69, 9.17) is 9.99 Å². The molecule has 1 N–H and O–H groups in total. The van der Waals surface area contributed by atoms with Crippen LogP contribution in [0.25, 0.3) is 0 Å². The van der Waals surface area contributed by atoms with Crippen molar-refractivity contribution in [2.75, 3.05) is 0 Å². The molecule has 0 aliphatic heterocycles. The Hall–Kier alpha value is -2.47. The van der Waals surface area contributed by atoms with Gasteiger partial charge in [0, 0.05) is 42.7 Å². The number of carboxylic acid groups (broad SMARTS) is 1. The molecule has 0 aromatic heterocycles. The fraction of sp³-hybridized carbons (Fsp3) is 0.450. The number of rotatable bonds is 18. The minimum atomic E-state index is -0.981. The summed E-state index contributed by atoms with van der Waals surface area (Å²) in [5.41, 5.74) is 0. The van der Waals surface area contributed by atoms with Crippen LogP contribution in [0.1, 0.15) is 58.3 Å². The molecule has 170 valence electrons. The predicted octanol–water partition coefficient (Wildman–Crippen LogP) is 5.50. The molecule has 10 heteroatoms. The third-order valence-electron chi connectivity index (χ3n) is 3.40. The predicted molar refractivity (Wildman–Crippen MR) is 104 cm³/mol. The summed E-state index contributed by atoms with van der Waals surface area (Å²) in [7, 11) is 0. The first-order valence-electron chi connectivity index (χ1n) is 9.52. The van der Waals surface area contributed by atoms with Crippen molar-refractivity contribution in [1.82, 2.24) is 0 Å². The zero-order valence-electron chi connectivity index (χ0n) is 17.2. The van der Waals surface area contributed by atoms with Gasteiger partial charge in [0.2, 0.25) is 0 Å². The average Bonchev–Trinajstić information content (AvgIpc) is 2.76. The van der Waals surface area contributed by atoms with Gasteiger partial charge in [-0.3, -0.25) is 0 Å². The van der Waals surface area contributed by atoms with Crippen LogP contribution >= 0.6 is 0 Å². The number of para-hydroxylation sites is 1. The van der Waals surface area contributed by atoms with Crippen molar-refractivity contribution in [2.45, 2.75) is 58.3 Å². The van der Waals surface area contributed by atoms with Gasteiger partial charge in [0.25, 0.3) is 0 Å². The highest BCUT2D eigenvalue weighted by molar-refractivity contribution is 5.78. The molecule has 0 atom stereocenters. The lowest BCUT2D eigenvalue weighted by Gasteiger charge is -2.05. The summed E-state index contributed by atoms with van der Waals surface area (Å²) in [6.45, 7) is 8.85. The molecule has 30 heavy (non-hydrogen) atoms. The third-order valence-corrected chi connectivity index (χ3v) is 3.40. The molecule has 0 saturated heterocycles. The molecule has 0 fully saturated rings. The maximum atomic E-state index is 9.25. The van der Waals surface area contributed by atoms with E-state index in [-0.39, 0.29) is 0 Å². The van der Waals surface area contributed by atoms with E-state index in [1.807, 2.05) is 6.07 Å². The highest BCUT2D eigenvalue weighted by Crippen LogP contribution is 2.12. The van der Waals surface area contributed by atoms with E-state index in [1.165, 1.54) is 32.1 Å². The summed E-state index contributed by atoms with van der Waals surface area (Å²) < 4.78 is 0. The zero-order chi connectivity index (χ0) is 22.3. The van der Waals surface area contributed by atoms with Crippen LogP contribution in [0.3, 0.4) is 0 Å². The quantitative estimate of drug-likeness (QED) is 0.105. The minimum Gasteiger partial charge on any atom is -0.478 e. The number of benzene rings is 1. The molecular formula is C20H30O10. The molecule has 1 aromatic carbocycles. The second-order valence-corrected chi connectivity index (χ2v) is 5.84. The first-order valence-corrected chi connectivity index (χ1v) is 9.52. The van der Waals surface area contributed by atoms with Crippen molar-refractivity contribution in [1.29, 1.82) is 0 Å². The molecule has 0 aliphatic rings. The van der Waals surface area contributed by atoms with Gasteiger partial charge in [-0.15, -0.1) is 0 Å². The molecule has 0 aliphatic carbocycles. The summed E-state index contributed by atoms with van der Waals surface area (Å²) in [6, 6.07) is 8.62. The van der Waals surface area contributed by atoms with E-state index < -0.39 is 5.97 Å². The average molecular weight is 430 g/mol. The number of unbranched alkanes of at least 4 members (excludes halogenated alkanes) is 6. The van der Waals surface area contributed by atoms with E-state index >= 15 is 0 Å². The van der Waals surface area contributed by atoms with Crippen molar-refractivity contribution in [3.05, 3.63) is 55.3 Å². The highest BCUT2D eigenvalue weighted by atomic mass is 17.9. The topological polar surface area (TPSA) is 111 Å². The number of hydrogen-bond donors (Lipinski definition) is 1. The van der Waals surface area contributed by atoms with Crippen LogP contribution in [-0.4, -0.2) is 11.1 Å². The third kappa shape index (κ3) is 20.3. The van der Waals surface area contributed by atoms with Gasteiger partial charge in [-0.1, -0.05) is 76.8 Å². The lowest BCUT2D eigenvalue weighted by molar-refractivity contribution is -0.805. The fourth-order valence-corrected chi connectivity index (χ4v) is 1.96. The van der Waals surface area contributed by atoms with Gasteiger partial charge >= 0.3 is 5.97 Å². The van der Waals surface area contributed by atoms with Crippen molar-refractivity contribution >= 4 is 5.97 Å². The Bertz CT molecular complexity index is 550. The SMILES string of the molecule is C=C(CCCCCCCCC)OOOOOOOOc1ccccc1.C=CC(=O)O. The van der Waals surface area contributed by atoms with Crippen LogP contribution in [-0.2, 0) is 39.9 Å². The van der Waals surface area contributed by atoms with E-state index in [0.29, 0.717) is 17.9 Å². The standard InChI is InChI=1S/C17H26O8.C3H4O2/c1-3-4-5-6-7-8-10-13-16(2)18-20-22-24-25-23-21-19-17-14-11-9-12-15-17;1-2-3(4)5/h9,11-12,14-15H,2-8,10,13H2,1H3;2H,1H2,(H,4,5). The molecule has 1 rings (SSSR count). The summed E-state index contributed by atoms with van der Waals surface area (Å²) in [6.07, 6.45) is 9.93. The van der Waals surface area contributed by atoms with Crippen molar-refractivity contribution < 1.29 is 49.9 Å². The maximum Gasteiger partial charge on any atom is 0.327 e. The Morgan fingerprint density at radius 2 is 1.43 bits per heavy atom. The molecule has 0 bridgehead atoms. The molecule has 1 aromatic rings. The van der Waals surface area contributed by atoms with Crippen LogP contribution in [0.5, 0.6) is 5.75 Å². The minimum absolute atomic E-state index is 0.410. The van der Waals surface area contributed by atoms with Gasteiger partial charge in [-0.2, -0.15) is 0 Å². The molecule has 0 unspecified atom stereocenters. The van der Waals surface area contributed by atoms with E-state index in [9.17, 15) is 4.79 Å². The lowest BCUT2D eigenvalue weighted by atomic mass is 10.1. The number of aliphatic carboxylic acids is 1. The first kappa shape index (κ1) is 27.5. The molecule has 0 radical (unpaired) electrons. The van der Waals surface area contributed by atoms with Crippen LogP contribution in [0.15, 0.2) is 55.3 Å². The van der Waals surface area contributed by atoms with Crippen molar-refractivity contribution in [2.24, 2.45) is 0 Å². The Morgan fingerprint density at radius 3 is 2.03 bits per heavy atom. The Labute approximate surface area is 176 Å². The summed E-state index contributed by atoms with van der Waals surface area (Å²) in [5, 5.41) is 32.1. The smallest absolute Gasteiger partial charge is 0.327 e. The second kappa shape index (κ2) is 21.2. The summed E-state index contributed by atoms with van der Waals surface area (Å²) >= 11 is 0. The van der Waals surface area contributed by atoms with Gasteiger partial charge in [0.15, 0.2) is 5.75 Å². The van der Waals surface area contributed by atoms with Crippen molar-refractivity contribution in [3.8, 4) is 5.75 Å². The fourth-order valence-electron chi connectivity index (χ4n) is 1.96. The second-order valence-electron chi connectivity index (χ2n) is 5.84. The Balaban J connectivity index is 0.00000150. The number of allylic oxidation sites excluding steroid dienone is 1. The molecule has 10 nitrogen and oxygen atoms in total. The monoisotopic (exact) mass is 430 g/mol. The first-order chi connectivity index (χ1) is 14.6. The van der Waals surface area contributed by atoms with E-state index in [1.54, 1.807) is 24.3 Å². The Morgan fingerprint density at radius 1 is 0.900 bits per heavy atom.